The van der Waals surface area contributed by atoms with Crippen molar-refractivity contribution in [3.05, 3.63) is 29.6 Å². The largest absolute Gasteiger partial charge is 0.362 e. The van der Waals surface area contributed by atoms with Gasteiger partial charge in [0.15, 0.2) is 5.11 Å². The summed E-state index contributed by atoms with van der Waals surface area (Å²) in [5, 5.41) is 6.58. The molecule has 0 fully saturated rings. The van der Waals surface area contributed by atoms with Crippen molar-refractivity contribution in [2.75, 3.05) is 23.9 Å². The van der Waals surface area contributed by atoms with Gasteiger partial charge in [-0.1, -0.05) is 6.07 Å². The Bertz CT molecular complexity index is 383. The van der Waals surface area contributed by atoms with Gasteiger partial charge in [-0.25, -0.2) is 4.39 Å². The van der Waals surface area contributed by atoms with Crippen LogP contribution in [0.1, 0.15) is 12.0 Å². The van der Waals surface area contributed by atoms with Crippen LogP contribution in [-0.4, -0.2) is 23.7 Å². The predicted octanol–water partition coefficient (Wildman–Crippen LogP) is 3.17. The van der Waals surface area contributed by atoms with E-state index >= 15 is 0 Å². The Morgan fingerprint density at radius 1 is 1.47 bits per heavy atom. The second-order valence-corrected chi connectivity index (χ2v) is 5.09. The van der Waals surface area contributed by atoms with Gasteiger partial charge in [0.2, 0.25) is 0 Å². The Kier molecular flexibility index (Phi) is 6.29. The summed E-state index contributed by atoms with van der Waals surface area (Å²) in [7, 11) is 0. The second-order valence-electron chi connectivity index (χ2n) is 3.69. The molecule has 0 aromatic heterocycles. The van der Waals surface area contributed by atoms with Crippen LogP contribution in [0.25, 0.3) is 0 Å². The minimum Gasteiger partial charge on any atom is -0.362 e. The fourth-order valence-electron chi connectivity index (χ4n) is 1.26. The van der Waals surface area contributed by atoms with Crippen LogP contribution >= 0.6 is 24.0 Å². The Labute approximate surface area is 111 Å². The van der Waals surface area contributed by atoms with E-state index < -0.39 is 0 Å². The summed E-state index contributed by atoms with van der Waals surface area (Å²) in [6.45, 7) is 2.57. The van der Waals surface area contributed by atoms with Crippen molar-refractivity contribution < 1.29 is 4.39 Å². The first-order valence-corrected chi connectivity index (χ1v) is 7.23. The average molecular weight is 272 g/mol. The van der Waals surface area contributed by atoms with Crippen molar-refractivity contribution >= 4 is 34.8 Å². The molecule has 0 aliphatic rings. The third-order valence-electron chi connectivity index (χ3n) is 2.24. The Morgan fingerprint density at radius 2 is 2.24 bits per heavy atom. The number of nitrogens with one attached hydrogen (secondary N) is 2. The fourth-order valence-corrected chi connectivity index (χ4v) is 1.92. The molecule has 0 saturated heterocycles. The molecule has 1 rings (SSSR count). The lowest BCUT2D eigenvalue weighted by molar-refractivity contribution is 0.619. The normalized spacial score (nSPS) is 10.1. The van der Waals surface area contributed by atoms with Crippen molar-refractivity contribution in [3.63, 3.8) is 0 Å². The number of thioether (sulfide) groups is 1. The van der Waals surface area contributed by atoms with Gasteiger partial charge in [-0.3, -0.25) is 0 Å². The highest BCUT2D eigenvalue weighted by Crippen LogP contribution is 2.13. The molecule has 0 radical (unpaired) electrons. The summed E-state index contributed by atoms with van der Waals surface area (Å²) in [5.74, 6) is 0.884. The zero-order chi connectivity index (χ0) is 12.7. The number of aryl methyl sites for hydroxylation is 1. The number of hydrogen-bond donors (Lipinski definition) is 2. The SMILES string of the molecule is CSCCCNC(=S)Nc1ccc(C)c(F)c1. The zero-order valence-corrected chi connectivity index (χ0v) is 11.7. The summed E-state index contributed by atoms with van der Waals surface area (Å²) in [5.41, 5.74) is 1.31. The number of anilines is 1. The highest BCUT2D eigenvalue weighted by molar-refractivity contribution is 7.98. The van der Waals surface area contributed by atoms with E-state index in [2.05, 4.69) is 16.9 Å². The van der Waals surface area contributed by atoms with Gasteiger partial charge < -0.3 is 10.6 Å². The third kappa shape index (κ3) is 5.37. The summed E-state index contributed by atoms with van der Waals surface area (Å²) in [6, 6.07) is 4.99. The van der Waals surface area contributed by atoms with Crippen molar-refractivity contribution in [1.82, 2.24) is 5.32 Å². The summed E-state index contributed by atoms with van der Waals surface area (Å²) in [4.78, 5) is 0. The van der Waals surface area contributed by atoms with Crippen molar-refractivity contribution in [2.45, 2.75) is 13.3 Å². The number of rotatable bonds is 5. The van der Waals surface area contributed by atoms with Crippen LogP contribution in [0.3, 0.4) is 0 Å². The minimum absolute atomic E-state index is 0.222. The topological polar surface area (TPSA) is 24.1 Å². The monoisotopic (exact) mass is 272 g/mol. The van der Waals surface area contributed by atoms with E-state index in [1.54, 1.807) is 13.0 Å². The van der Waals surface area contributed by atoms with Gasteiger partial charge in [-0.05, 0) is 55.3 Å². The van der Waals surface area contributed by atoms with E-state index in [9.17, 15) is 4.39 Å². The molecule has 1 aromatic rings. The van der Waals surface area contributed by atoms with Gasteiger partial charge in [-0.2, -0.15) is 11.8 Å². The molecule has 2 nitrogen and oxygen atoms in total. The lowest BCUT2D eigenvalue weighted by Gasteiger charge is -2.10. The first-order valence-electron chi connectivity index (χ1n) is 5.43. The van der Waals surface area contributed by atoms with Crippen LogP contribution in [0.5, 0.6) is 0 Å². The minimum atomic E-state index is -0.222. The Hall–Kier alpha value is -0.810. The molecule has 0 unspecified atom stereocenters. The van der Waals surface area contributed by atoms with E-state index in [1.165, 1.54) is 6.07 Å². The van der Waals surface area contributed by atoms with Crippen LogP contribution in [0.15, 0.2) is 18.2 Å². The molecule has 5 heteroatoms. The van der Waals surface area contributed by atoms with E-state index in [4.69, 9.17) is 12.2 Å². The molecule has 2 N–H and O–H groups in total. The maximum Gasteiger partial charge on any atom is 0.170 e. The highest BCUT2D eigenvalue weighted by atomic mass is 32.2. The Balaban J connectivity index is 2.37. The lowest BCUT2D eigenvalue weighted by Crippen LogP contribution is -2.29. The van der Waals surface area contributed by atoms with Crippen LogP contribution in [0.2, 0.25) is 0 Å². The highest BCUT2D eigenvalue weighted by Gasteiger charge is 2.01. The summed E-state index contributed by atoms with van der Waals surface area (Å²) < 4.78 is 13.3. The molecule has 0 amide bonds. The van der Waals surface area contributed by atoms with Crippen LogP contribution in [-0.2, 0) is 0 Å². The van der Waals surface area contributed by atoms with E-state index in [0.29, 0.717) is 16.4 Å². The molecular weight excluding hydrogens is 255 g/mol. The molecule has 0 bridgehead atoms. The van der Waals surface area contributed by atoms with E-state index in [0.717, 1.165) is 18.7 Å². The summed E-state index contributed by atoms with van der Waals surface area (Å²) >= 11 is 6.92. The smallest absolute Gasteiger partial charge is 0.170 e. The molecule has 94 valence electrons. The van der Waals surface area contributed by atoms with Crippen molar-refractivity contribution in [3.8, 4) is 0 Å². The summed E-state index contributed by atoms with van der Waals surface area (Å²) in [6.07, 6.45) is 3.14. The van der Waals surface area contributed by atoms with Gasteiger partial charge in [-0.15, -0.1) is 0 Å². The molecule has 1 aromatic carbocycles. The van der Waals surface area contributed by atoms with Gasteiger partial charge in [0.1, 0.15) is 5.82 Å². The fraction of sp³-hybridized carbons (Fsp3) is 0.417. The zero-order valence-electron chi connectivity index (χ0n) is 10.0. The first-order chi connectivity index (χ1) is 8.13. The standard InChI is InChI=1S/C12H17FN2S2/c1-9-4-5-10(8-11(9)13)15-12(16)14-6-3-7-17-2/h4-5,8H,3,6-7H2,1-2H3,(H2,14,15,16). The molecule has 0 spiro atoms. The predicted molar refractivity (Wildman–Crippen MR) is 78.4 cm³/mol. The average Bonchev–Trinajstić information content (AvgIpc) is 2.30. The van der Waals surface area contributed by atoms with Crippen LogP contribution < -0.4 is 10.6 Å². The van der Waals surface area contributed by atoms with Gasteiger partial charge in [0.25, 0.3) is 0 Å². The number of halogens is 1. The number of hydrogen-bond acceptors (Lipinski definition) is 2. The molecule has 0 aliphatic carbocycles. The van der Waals surface area contributed by atoms with Gasteiger partial charge in [0, 0.05) is 12.2 Å². The first kappa shape index (κ1) is 14.3. The van der Waals surface area contributed by atoms with Crippen molar-refractivity contribution in [2.24, 2.45) is 0 Å². The van der Waals surface area contributed by atoms with E-state index in [-0.39, 0.29) is 5.82 Å². The van der Waals surface area contributed by atoms with Crippen LogP contribution in [0, 0.1) is 12.7 Å². The van der Waals surface area contributed by atoms with Gasteiger partial charge >= 0.3 is 0 Å². The number of benzene rings is 1. The molecule has 0 saturated carbocycles. The quantitative estimate of drug-likeness (QED) is 0.635. The van der Waals surface area contributed by atoms with Crippen LogP contribution in [0.4, 0.5) is 10.1 Å². The molecule has 0 aliphatic heterocycles. The second kappa shape index (κ2) is 7.50. The maximum absolute atomic E-state index is 13.3. The van der Waals surface area contributed by atoms with E-state index in [1.807, 2.05) is 17.8 Å². The molecule has 17 heavy (non-hydrogen) atoms. The molecule has 0 atom stereocenters. The maximum atomic E-state index is 13.3. The molecular formula is C12H17FN2S2. The van der Waals surface area contributed by atoms with Crippen molar-refractivity contribution in [1.29, 1.82) is 0 Å². The number of thiocarbonyl (C=S) groups is 1. The van der Waals surface area contributed by atoms with Gasteiger partial charge in [0.05, 0.1) is 0 Å². The molecule has 0 heterocycles. The lowest BCUT2D eigenvalue weighted by atomic mass is 10.2. The Morgan fingerprint density at radius 3 is 2.88 bits per heavy atom. The third-order valence-corrected chi connectivity index (χ3v) is 3.18.